The van der Waals surface area contributed by atoms with Gasteiger partial charge in [-0.1, -0.05) is 0 Å². The molecule has 7 heteroatoms. The third kappa shape index (κ3) is 4.71. The van der Waals surface area contributed by atoms with E-state index in [2.05, 4.69) is 24.1 Å². The number of carbonyl (C=O) groups is 1. The van der Waals surface area contributed by atoms with E-state index in [4.69, 9.17) is 9.40 Å². The smallest absolute Gasteiger partial charge is 0.261 e. The van der Waals surface area contributed by atoms with E-state index in [-0.39, 0.29) is 17.5 Å². The Morgan fingerprint density at radius 1 is 1.19 bits per heavy atom. The third-order valence-corrected chi connectivity index (χ3v) is 6.04. The van der Waals surface area contributed by atoms with E-state index in [0.717, 1.165) is 43.9 Å². The van der Waals surface area contributed by atoms with Gasteiger partial charge in [0.2, 0.25) is 0 Å². The Balaban J connectivity index is 1.51. The summed E-state index contributed by atoms with van der Waals surface area (Å²) in [6, 6.07) is 9.41. The monoisotopic (exact) mass is 422 g/mol. The molecule has 0 aliphatic carbocycles. The molecule has 3 heterocycles. The molecule has 2 aromatic heterocycles. The average Bonchev–Trinajstić information content (AvgIpc) is 3.17. The quantitative estimate of drug-likeness (QED) is 0.661. The molecule has 3 aromatic rings. The Hall–Kier alpha value is -2.93. The Morgan fingerprint density at radius 3 is 2.77 bits per heavy atom. The zero-order chi connectivity index (χ0) is 22.0. The summed E-state index contributed by atoms with van der Waals surface area (Å²) >= 11 is 0. The first-order chi connectivity index (χ1) is 14.9. The number of amides is 1. The Kier molecular flexibility index (Phi) is 6.23. The summed E-state index contributed by atoms with van der Waals surface area (Å²) in [7, 11) is 0. The van der Waals surface area contributed by atoms with E-state index in [1.807, 2.05) is 19.1 Å². The zero-order valence-corrected chi connectivity index (χ0v) is 18.4. The molecule has 0 saturated carbocycles. The van der Waals surface area contributed by atoms with Crippen molar-refractivity contribution in [1.82, 2.24) is 19.8 Å². The van der Waals surface area contributed by atoms with Crippen molar-refractivity contribution >= 4 is 16.8 Å². The molecule has 164 valence electrons. The molecule has 0 spiro atoms. The highest BCUT2D eigenvalue weighted by Crippen LogP contribution is 2.15. The fourth-order valence-electron chi connectivity index (χ4n) is 4.12. The van der Waals surface area contributed by atoms with Crippen molar-refractivity contribution in [3.63, 3.8) is 0 Å². The van der Waals surface area contributed by atoms with Crippen molar-refractivity contribution in [2.24, 2.45) is 0 Å². The molecule has 1 N–H and O–H groups in total. The van der Waals surface area contributed by atoms with Gasteiger partial charge in [-0.3, -0.25) is 19.1 Å². The van der Waals surface area contributed by atoms with Crippen molar-refractivity contribution in [3.05, 3.63) is 64.1 Å². The zero-order valence-electron chi connectivity index (χ0n) is 18.4. The second-order valence-electron chi connectivity index (χ2n) is 8.59. The number of fused-ring (bicyclic) bond motifs is 2. The number of aromatic nitrogens is 2. The van der Waals surface area contributed by atoms with E-state index < -0.39 is 0 Å². The van der Waals surface area contributed by atoms with Crippen LogP contribution in [0.5, 0.6) is 0 Å². The summed E-state index contributed by atoms with van der Waals surface area (Å²) in [5.41, 5.74) is 1.08. The molecule has 1 amide bonds. The highest BCUT2D eigenvalue weighted by atomic mass is 16.3. The molecule has 0 fully saturated rings. The topological polar surface area (TPSA) is 80.4 Å². The summed E-state index contributed by atoms with van der Waals surface area (Å²) in [5, 5.41) is 3.59. The first kappa shape index (κ1) is 21.3. The van der Waals surface area contributed by atoms with Crippen molar-refractivity contribution in [2.75, 3.05) is 13.1 Å². The van der Waals surface area contributed by atoms with E-state index >= 15 is 0 Å². The summed E-state index contributed by atoms with van der Waals surface area (Å²) in [6.07, 6.45) is 3.93. The predicted octanol–water partition coefficient (Wildman–Crippen LogP) is 3.01. The van der Waals surface area contributed by atoms with Gasteiger partial charge in [-0.15, -0.1) is 0 Å². The van der Waals surface area contributed by atoms with Crippen molar-refractivity contribution in [3.8, 4) is 0 Å². The maximum atomic E-state index is 13.1. The highest BCUT2D eigenvalue weighted by molar-refractivity contribution is 5.97. The Morgan fingerprint density at radius 2 is 2.03 bits per heavy atom. The first-order valence-electron chi connectivity index (χ1n) is 11.0. The molecule has 1 aliphatic heterocycles. The first-order valence-corrected chi connectivity index (χ1v) is 11.0. The lowest BCUT2D eigenvalue weighted by Crippen LogP contribution is -2.34. The van der Waals surface area contributed by atoms with Crippen LogP contribution >= 0.6 is 0 Å². The van der Waals surface area contributed by atoms with Crippen molar-refractivity contribution < 1.29 is 9.21 Å². The van der Waals surface area contributed by atoms with Gasteiger partial charge < -0.3 is 9.73 Å². The molecule has 1 atom stereocenters. The average molecular weight is 423 g/mol. The molecule has 1 aromatic carbocycles. The van der Waals surface area contributed by atoms with Gasteiger partial charge in [0.25, 0.3) is 11.5 Å². The molecule has 1 aliphatic rings. The highest BCUT2D eigenvalue weighted by Gasteiger charge is 2.20. The van der Waals surface area contributed by atoms with Gasteiger partial charge in [0, 0.05) is 50.1 Å². The lowest BCUT2D eigenvalue weighted by Gasteiger charge is -2.23. The van der Waals surface area contributed by atoms with Crippen molar-refractivity contribution in [2.45, 2.75) is 58.7 Å². The number of rotatable bonds is 6. The number of hydrogen-bond donors (Lipinski definition) is 1. The van der Waals surface area contributed by atoms with Crippen LogP contribution in [0.1, 0.15) is 49.1 Å². The van der Waals surface area contributed by atoms with Crippen LogP contribution in [0, 0.1) is 0 Å². The fourth-order valence-corrected chi connectivity index (χ4v) is 4.12. The summed E-state index contributed by atoms with van der Waals surface area (Å²) in [5.74, 6) is 1.55. The summed E-state index contributed by atoms with van der Waals surface area (Å²) in [6.45, 7) is 8.68. The normalized spacial score (nSPS) is 15.6. The minimum Gasteiger partial charge on any atom is -0.469 e. The van der Waals surface area contributed by atoms with Gasteiger partial charge in [0.15, 0.2) is 0 Å². The maximum absolute atomic E-state index is 13.1. The molecule has 0 bridgehead atoms. The lowest BCUT2D eigenvalue weighted by molar-refractivity contribution is 0.0938. The van der Waals surface area contributed by atoms with Crippen LogP contribution in [0.4, 0.5) is 0 Å². The summed E-state index contributed by atoms with van der Waals surface area (Å²) < 4.78 is 7.14. The number of furan rings is 1. The molecule has 0 radical (unpaired) electrons. The number of nitrogens with one attached hydrogen (secondary N) is 1. The van der Waals surface area contributed by atoms with Crippen LogP contribution in [0.15, 0.2) is 45.8 Å². The third-order valence-electron chi connectivity index (χ3n) is 6.04. The molecular weight excluding hydrogens is 392 g/mol. The van der Waals surface area contributed by atoms with Gasteiger partial charge in [0.1, 0.15) is 11.6 Å². The number of carbonyl (C=O) groups excluding carboxylic acids is 1. The SMILES string of the molecule is CC(CCc1ccco1)NC(=O)c1ccc2c(=O)n3c(nc2c1)CCN(C(C)C)CC3. The standard InChI is InChI=1S/C24H30N4O3/c1-16(2)27-11-10-22-26-21-15-18(7-9-20(21)24(30)28(22)13-12-27)23(29)25-17(3)6-8-19-5-4-14-31-19/h4-5,7,9,14-17H,6,8,10-13H2,1-3H3,(H,25,29). The van der Waals surface area contributed by atoms with Gasteiger partial charge in [-0.05, 0) is 57.5 Å². The second kappa shape index (κ2) is 9.06. The van der Waals surface area contributed by atoms with Crippen LogP contribution in [0.25, 0.3) is 10.9 Å². The van der Waals surface area contributed by atoms with Crippen molar-refractivity contribution in [1.29, 1.82) is 0 Å². The number of hydrogen-bond acceptors (Lipinski definition) is 5. The van der Waals surface area contributed by atoms with Gasteiger partial charge in [0.05, 0.1) is 17.2 Å². The van der Waals surface area contributed by atoms with E-state index in [0.29, 0.717) is 29.1 Å². The number of benzene rings is 1. The van der Waals surface area contributed by atoms with E-state index in [1.165, 1.54) is 0 Å². The maximum Gasteiger partial charge on any atom is 0.261 e. The number of nitrogens with zero attached hydrogens (tertiary/aromatic N) is 3. The molecule has 1 unspecified atom stereocenters. The van der Waals surface area contributed by atoms with Crippen LogP contribution < -0.4 is 10.9 Å². The summed E-state index contributed by atoms with van der Waals surface area (Å²) in [4.78, 5) is 32.9. The van der Waals surface area contributed by atoms with Crippen LogP contribution in [-0.4, -0.2) is 45.5 Å². The molecular formula is C24H30N4O3. The van der Waals surface area contributed by atoms with Crippen LogP contribution in [0.3, 0.4) is 0 Å². The largest absolute Gasteiger partial charge is 0.469 e. The van der Waals surface area contributed by atoms with Gasteiger partial charge in [-0.25, -0.2) is 4.98 Å². The van der Waals surface area contributed by atoms with Crippen LogP contribution in [-0.2, 0) is 19.4 Å². The molecule has 4 rings (SSSR count). The lowest BCUT2D eigenvalue weighted by atomic mass is 10.1. The minimum absolute atomic E-state index is 0.000873. The predicted molar refractivity (Wildman–Crippen MR) is 120 cm³/mol. The fraction of sp³-hybridized carbons (Fsp3) is 0.458. The van der Waals surface area contributed by atoms with Crippen LogP contribution in [0.2, 0.25) is 0 Å². The minimum atomic E-state index is -0.156. The number of aryl methyl sites for hydroxylation is 1. The molecule has 0 saturated heterocycles. The Bertz CT molecular complexity index is 1120. The van der Waals surface area contributed by atoms with Gasteiger partial charge >= 0.3 is 0 Å². The Labute approximate surface area is 182 Å². The van der Waals surface area contributed by atoms with Gasteiger partial charge in [-0.2, -0.15) is 0 Å². The molecule has 31 heavy (non-hydrogen) atoms. The molecule has 7 nitrogen and oxygen atoms in total. The van der Waals surface area contributed by atoms with E-state index in [1.54, 1.807) is 29.0 Å². The second-order valence-corrected chi connectivity index (χ2v) is 8.59. The van der Waals surface area contributed by atoms with E-state index in [9.17, 15) is 9.59 Å².